The van der Waals surface area contributed by atoms with Gasteiger partial charge in [0.05, 0.1) is 17.4 Å². The topological polar surface area (TPSA) is 72.7 Å². The number of carbonyl (C=O) groups excluding carboxylic acids is 1. The molecule has 0 bridgehead atoms. The summed E-state index contributed by atoms with van der Waals surface area (Å²) in [6.45, 7) is 3.63. The van der Waals surface area contributed by atoms with Crippen molar-refractivity contribution < 1.29 is 4.79 Å². The molecule has 1 amide bonds. The van der Waals surface area contributed by atoms with Crippen LogP contribution in [0.4, 0.5) is 5.82 Å². The SMILES string of the molecule is [B]c1c([B])c(C(=O)Nc2cc3cc(-c4cnc(C)n4C)ccc3nn2)c([B])c([B])c1C. The van der Waals surface area contributed by atoms with Crippen LogP contribution in [0.1, 0.15) is 21.7 Å². The Balaban J connectivity index is 1.71. The Morgan fingerprint density at radius 3 is 2.26 bits per heavy atom. The van der Waals surface area contributed by atoms with Crippen LogP contribution in [0.15, 0.2) is 30.5 Å². The Kier molecular flexibility index (Phi) is 5.25. The van der Waals surface area contributed by atoms with Gasteiger partial charge in [0.25, 0.3) is 5.91 Å². The Labute approximate surface area is 185 Å². The molecule has 142 valence electrons. The molecule has 2 aromatic heterocycles. The van der Waals surface area contributed by atoms with E-state index in [1.807, 2.05) is 42.9 Å². The third-order valence-corrected chi connectivity index (χ3v) is 5.50. The van der Waals surface area contributed by atoms with Crippen LogP contribution in [0, 0.1) is 13.8 Å². The molecule has 10 heteroatoms. The summed E-state index contributed by atoms with van der Waals surface area (Å²) in [6, 6.07) is 7.49. The van der Waals surface area contributed by atoms with Crippen molar-refractivity contribution in [3.63, 3.8) is 0 Å². The van der Waals surface area contributed by atoms with E-state index in [4.69, 9.17) is 31.4 Å². The van der Waals surface area contributed by atoms with Gasteiger partial charge in [-0.3, -0.25) is 4.79 Å². The Hall–Kier alpha value is -3.28. The highest BCUT2D eigenvalue weighted by atomic mass is 16.1. The van der Waals surface area contributed by atoms with Gasteiger partial charge in [-0.2, -0.15) is 0 Å². The Bertz CT molecular complexity index is 1340. The van der Waals surface area contributed by atoms with E-state index in [0.717, 1.165) is 22.5 Å². The van der Waals surface area contributed by atoms with Crippen molar-refractivity contribution in [2.45, 2.75) is 13.8 Å². The second-order valence-electron chi connectivity index (χ2n) is 7.36. The van der Waals surface area contributed by atoms with Gasteiger partial charge in [0, 0.05) is 23.6 Å². The average molecular weight is 397 g/mol. The maximum atomic E-state index is 12.9. The molecule has 0 saturated heterocycles. The molecule has 6 nitrogen and oxygen atoms in total. The van der Waals surface area contributed by atoms with Crippen molar-refractivity contribution in [1.82, 2.24) is 19.7 Å². The first-order valence-corrected chi connectivity index (χ1v) is 9.49. The lowest BCUT2D eigenvalue weighted by molar-refractivity contribution is 0.102. The number of carbonyl (C=O) groups is 1. The van der Waals surface area contributed by atoms with Gasteiger partial charge in [-0.25, -0.2) is 4.98 Å². The third kappa shape index (κ3) is 3.56. The second-order valence-corrected chi connectivity index (χ2v) is 7.36. The maximum absolute atomic E-state index is 12.9. The predicted octanol–water partition coefficient (Wildman–Crippen LogP) is -0.925. The van der Waals surface area contributed by atoms with Crippen molar-refractivity contribution in [2.24, 2.45) is 7.05 Å². The number of benzene rings is 2. The smallest absolute Gasteiger partial charge is 0.255 e. The number of anilines is 1. The third-order valence-electron chi connectivity index (χ3n) is 5.50. The number of hydrogen-bond donors (Lipinski definition) is 1. The van der Waals surface area contributed by atoms with Gasteiger partial charge in [-0.1, -0.05) is 22.6 Å². The van der Waals surface area contributed by atoms with E-state index in [1.54, 1.807) is 13.0 Å². The van der Waals surface area contributed by atoms with Crippen LogP contribution in [0.5, 0.6) is 0 Å². The summed E-state index contributed by atoms with van der Waals surface area (Å²) in [5.74, 6) is 0.579. The molecule has 0 aliphatic rings. The molecule has 31 heavy (non-hydrogen) atoms. The standard InChI is InChI=1S/C21H15B4N5O/c1-9-17(22)19(24)16(20(25)18(9)23)21(31)27-15-7-12-6-11(4-5-13(12)28-29-15)14-8-26-10(2)30(14)3/h4-8H,1-3H3,(H,27,29,31). The molecule has 0 spiro atoms. The van der Waals surface area contributed by atoms with Crippen LogP contribution >= 0.6 is 0 Å². The number of nitrogens with one attached hydrogen (secondary N) is 1. The number of fused-ring (bicyclic) bond motifs is 1. The molecule has 0 unspecified atom stereocenters. The normalized spacial score (nSPS) is 11.1. The number of aromatic nitrogens is 4. The van der Waals surface area contributed by atoms with Crippen molar-refractivity contribution in [3.05, 3.63) is 47.4 Å². The molecule has 2 aromatic carbocycles. The summed E-state index contributed by atoms with van der Waals surface area (Å²) < 4.78 is 2.00. The molecule has 8 radical (unpaired) electrons. The maximum Gasteiger partial charge on any atom is 0.255 e. The summed E-state index contributed by atoms with van der Waals surface area (Å²) in [5.41, 5.74) is 3.75. The zero-order valence-electron chi connectivity index (χ0n) is 17.4. The largest absolute Gasteiger partial charge is 0.331 e. The lowest BCUT2D eigenvalue weighted by Gasteiger charge is -2.19. The van der Waals surface area contributed by atoms with Crippen LogP contribution in [-0.4, -0.2) is 57.0 Å². The number of rotatable bonds is 3. The van der Waals surface area contributed by atoms with Crippen LogP contribution in [-0.2, 0) is 7.05 Å². The Morgan fingerprint density at radius 1 is 0.968 bits per heavy atom. The van der Waals surface area contributed by atoms with E-state index in [0.29, 0.717) is 11.1 Å². The van der Waals surface area contributed by atoms with Gasteiger partial charge < -0.3 is 9.88 Å². The summed E-state index contributed by atoms with van der Waals surface area (Å²) in [7, 11) is 26.0. The number of imidazole rings is 1. The summed E-state index contributed by atoms with van der Waals surface area (Å²) in [5, 5.41) is 11.7. The molecular weight excluding hydrogens is 382 g/mol. The molecule has 4 rings (SSSR count). The monoisotopic (exact) mass is 397 g/mol. The first-order valence-electron chi connectivity index (χ1n) is 9.49. The van der Waals surface area contributed by atoms with Crippen molar-refractivity contribution in [3.8, 4) is 11.3 Å². The number of nitrogens with zero attached hydrogens (tertiary/aromatic N) is 4. The fourth-order valence-corrected chi connectivity index (χ4v) is 3.42. The molecule has 0 fully saturated rings. The van der Waals surface area contributed by atoms with Crippen molar-refractivity contribution in [1.29, 1.82) is 0 Å². The molecule has 4 aromatic rings. The Morgan fingerprint density at radius 2 is 1.65 bits per heavy atom. The highest BCUT2D eigenvalue weighted by molar-refractivity contribution is 6.60. The van der Waals surface area contributed by atoms with Crippen molar-refractivity contribution in [2.75, 3.05) is 5.32 Å². The van der Waals surface area contributed by atoms with Gasteiger partial charge in [0.1, 0.15) is 37.2 Å². The molecule has 0 saturated carbocycles. The van der Waals surface area contributed by atoms with E-state index in [9.17, 15) is 4.79 Å². The van der Waals surface area contributed by atoms with Crippen LogP contribution in [0.25, 0.3) is 22.2 Å². The molecule has 0 aliphatic heterocycles. The van der Waals surface area contributed by atoms with Gasteiger partial charge in [-0.05, 0) is 32.0 Å². The molecule has 0 atom stereocenters. The zero-order valence-corrected chi connectivity index (χ0v) is 17.4. The summed E-state index contributed by atoms with van der Waals surface area (Å²) >= 11 is 0. The van der Waals surface area contributed by atoms with E-state index in [1.165, 1.54) is 0 Å². The van der Waals surface area contributed by atoms with Gasteiger partial charge in [0.15, 0.2) is 5.82 Å². The molecule has 1 N–H and O–H groups in total. The van der Waals surface area contributed by atoms with E-state index in [2.05, 4.69) is 20.5 Å². The number of amides is 1. The molecule has 2 heterocycles. The molecular formula is C21H15B4N5O. The lowest BCUT2D eigenvalue weighted by atomic mass is 9.64. The van der Waals surface area contributed by atoms with Gasteiger partial charge in [0.2, 0.25) is 0 Å². The summed E-state index contributed by atoms with van der Waals surface area (Å²) in [6.07, 6.45) is 1.81. The van der Waals surface area contributed by atoms with Crippen LogP contribution in [0.3, 0.4) is 0 Å². The van der Waals surface area contributed by atoms with Gasteiger partial charge >= 0.3 is 0 Å². The van der Waals surface area contributed by atoms with Crippen LogP contribution in [0.2, 0.25) is 0 Å². The zero-order chi connectivity index (χ0) is 22.4. The first kappa shape index (κ1) is 21.0. The average Bonchev–Trinajstić information content (AvgIpc) is 3.09. The number of aryl methyl sites for hydroxylation is 1. The highest BCUT2D eigenvalue weighted by Gasteiger charge is 2.17. The quantitative estimate of drug-likeness (QED) is 0.455. The van der Waals surface area contributed by atoms with Gasteiger partial charge in [-0.15, -0.1) is 21.1 Å². The fourth-order valence-electron chi connectivity index (χ4n) is 3.42. The minimum atomic E-state index is -0.569. The fraction of sp³-hybridized carbons (Fsp3) is 0.143. The number of hydrogen-bond acceptors (Lipinski definition) is 4. The summed E-state index contributed by atoms with van der Waals surface area (Å²) in [4.78, 5) is 17.2. The minimum Gasteiger partial charge on any atom is -0.331 e. The van der Waals surface area contributed by atoms with Crippen LogP contribution < -0.4 is 27.2 Å². The van der Waals surface area contributed by atoms with E-state index in [-0.39, 0.29) is 33.2 Å². The van der Waals surface area contributed by atoms with Crippen molar-refractivity contribution >= 4 is 75.9 Å². The first-order chi connectivity index (χ1) is 14.7. The predicted molar refractivity (Wildman–Crippen MR) is 127 cm³/mol. The second kappa shape index (κ2) is 7.76. The highest BCUT2D eigenvalue weighted by Crippen LogP contribution is 2.24. The molecule has 0 aliphatic carbocycles. The lowest BCUT2D eigenvalue weighted by Crippen LogP contribution is -2.49. The minimum absolute atomic E-state index is 0.0154. The van der Waals surface area contributed by atoms with E-state index < -0.39 is 5.91 Å². The van der Waals surface area contributed by atoms with E-state index >= 15 is 0 Å².